The first kappa shape index (κ1) is 11.8. The van der Waals surface area contributed by atoms with E-state index < -0.39 is 0 Å². The lowest BCUT2D eigenvalue weighted by Crippen LogP contribution is -2.03. The molecular weight excluding hydrogens is 242 g/mol. The molecule has 0 unspecified atom stereocenters. The minimum absolute atomic E-state index is 0.584. The molecule has 1 aromatic carbocycles. The predicted molar refractivity (Wildman–Crippen MR) is 71.4 cm³/mol. The third-order valence-corrected chi connectivity index (χ3v) is 2.82. The summed E-state index contributed by atoms with van der Waals surface area (Å²) in [5, 5.41) is 3.27. The van der Waals surface area contributed by atoms with Gasteiger partial charge in [0.15, 0.2) is 11.5 Å². The lowest BCUT2D eigenvalue weighted by atomic mass is 10.2. The minimum Gasteiger partial charge on any atom is -0.490 e. The van der Waals surface area contributed by atoms with Crippen molar-refractivity contribution >= 4 is 5.69 Å². The molecule has 0 aliphatic carbocycles. The van der Waals surface area contributed by atoms with Gasteiger partial charge >= 0.3 is 0 Å². The molecule has 0 spiro atoms. The molecule has 0 fully saturated rings. The van der Waals surface area contributed by atoms with E-state index in [4.69, 9.17) is 9.47 Å². The monoisotopic (exact) mass is 257 g/mol. The van der Waals surface area contributed by atoms with Crippen LogP contribution < -0.4 is 14.8 Å². The fraction of sp³-hybridized carbons (Fsp3) is 0.286. The summed E-state index contributed by atoms with van der Waals surface area (Å²) in [5.41, 5.74) is 0.969. The number of ether oxygens (including phenoxy) is 2. The Morgan fingerprint density at radius 2 is 1.84 bits per heavy atom. The van der Waals surface area contributed by atoms with E-state index in [1.54, 1.807) is 18.5 Å². The van der Waals surface area contributed by atoms with Gasteiger partial charge in [0, 0.05) is 30.6 Å². The number of aromatic nitrogens is 2. The summed E-state index contributed by atoms with van der Waals surface area (Å²) in [6.45, 7) is 1.98. The molecule has 1 aliphatic heterocycles. The van der Waals surface area contributed by atoms with Crippen LogP contribution in [-0.2, 0) is 6.54 Å². The first-order valence-electron chi connectivity index (χ1n) is 6.31. The average Bonchev–Trinajstić information content (AvgIpc) is 2.71. The molecule has 3 rings (SSSR count). The van der Waals surface area contributed by atoms with Gasteiger partial charge in [-0.3, -0.25) is 0 Å². The number of benzene rings is 1. The molecule has 0 atom stereocenters. The molecule has 0 saturated heterocycles. The third kappa shape index (κ3) is 2.93. The van der Waals surface area contributed by atoms with Crippen LogP contribution in [0.1, 0.15) is 12.2 Å². The molecule has 98 valence electrons. The van der Waals surface area contributed by atoms with E-state index in [1.165, 1.54) is 0 Å². The van der Waals surface area contributed by atoms with E-state index in [-0.39, 0.29) is 0 Å². The summed E-state index contributed by atoms with van der Waals surface area (Å²) in [4.78, 5) is 8.33. The van der Waals surface area contributed by atoms with Gasteiger partial charge in [-0.05, 0) is 18.2 Å². The predicted octanol–water partition coefficient (Wildman–Crippen LogP) is 2.25. The fourth-order valence-electron chi connectivity index (χ4n) is 1.88. The molecule has 1 aliphatic rings. The summed E-state index contributed by atoms with van der Waals surface area (Å²) in [6.07, 6.45) is 4.38. The zero-order chi connectivity index (χ0) is 12.9. The highest BCUT2D eigenvalue weighted by molar-refractivity contribution is 5.54. The largest absolute Gasteiger partial charge is 0.490 e. The standard InChI is InChI=1S/C14H15N3O2/c1-5-15-14(16-6-1)10-17-11-3-4-12-13(9-11)19-8-2-7-18-12/h1,3-6,9,17H,2,7-8,10H2. The quantitative estimate of drug-likeness (QED) is 0.914. The average molecular weight is 257 g/mol. The van der Waals surface area contributed by atoms with E-state index in [0.29, 0.717) is 19.8 Å². The normalized spacial score (nSPS) is 13.7. The van der Waals surface area contributed by atoms with Crippen molar-refractivity contribution in [2.75, 3.05) is 18.5 Å². The molecule has 19 heavy (non-hydrogen) atoms. The Bertz CT molecular complexity index is 546. The topological polar surface area (TPSA) is 56.3 Å². The third-order valence-electron chi connectivity index (χ3n) is 2.82. The van der Waals surface area contributed by atoms with Gasteiger partial charge in [0.1, 0.15) is 5.82 Å². The lowest BCUT2D eigenvalue weighted by Gasteiger charge is -2.10. The van der Waals surface area contributed by atoms with Gasteiger partial charge < -0.3 is 14.8 Å². The summed E-state index contributed by atoms with van der Waals surface area (Å²) in [5.74, 6) is 2.35. The van der Waals surface area contributed by atoms with E-state index in [1.807, 2.05) is 18.2 Å². The van der Waals surface area contributed by atoms with Crippen LogP contribution in [0.25, 0.3) is 0 Å². The SMILES string of the molecule is c1cnc(CNc2ccc3c(c2)OCCCO3)nc1. The highest BCUT2D eigenvalue weighted by atomic mass is 16.5. The maximum absolute atomic E-state index is 5.64. The zero-order valence-corrected chi connectivity index (χ0v) is 10.5. The second-order valence-electron chi connectivity index (χ2n) is 4.23. The van der Waals surface area contributed by atoms with Crippen LogP contribution in [0, 0.1) is 0 Å². The number of hydrogen-bond acceptors (Lipinski definition) is 5. The number of anilines is 1. The maximum atomic E-state index is 5.64. The molecular formula is C14H15N3O2. The molecule has 0 radical (unpaired) electrons. The van der Waals surface area contributed by atoms with Crippen molar-refractivity contribution in [3.8, 4) is 11.5 Å². The van der Waals surface area contributed by atoms with Crippen LogP contribution in [0.5, 0.6) is 11.5 Å². The number of rotatable bonds is 3. The minimum atomic E-state index is 0.584. The molecule has 0 saturated carbocycles. The summed E-state index contributed by atoms with van der Waals surface area (Å²) in [6, 6.07) is 7.64. The van der Waals surface area contributed by atoms with Gasteiger partial charge in [0.25, 0.3) is 0 Å². The Hall–Kier alpha value is -2.30. The van der Waals surface area contributed by atoms with Crippen molar-refractivity contribution in [2.45, 2.75) is 13.0 Å². The first-order valence-corrected chi connectivity index (χ1v) is 6.31. The van der Waals surface area contributed by atoms with Crippen LogP contribution in [0.15, 0.2) is 36.7 Å². The highest BCUT2D eigenvalue weighted by Gasteiger charge is 2.10. The van der Waals surface area contributed by atoms with E-state index in [2.05, 4.69) is 15.3 Å². The molecule has 1 N–H and O–H groups in total. The summed E-state index contributed by atoms with van der Waals surface area (Å²) in [7, 11) is 0. The van der Waals surface area contributed by atoms with Gasteiger partial charge in [0.2, 0.25) is 0 Å². The number of hydrogen-bond donors (Lipinski definition) is 1. The Balaban J connectivity index is 1.70. The Kier molecular flexibility index (Phi) is 3.45. The van der Waals surface area contributed by atoms with E-state index in [9.17, 15) is 0 Å². The smallest absolute Gasteiger partial charge is 0.163 e. The molecule has 5 nitrogen and oxygen atoms in total. The number of nitrogens with zero attached hydrogens (tertiary/aromatic N) is 2. The first-order chi connectivity index (χ1) is 9.42. The van der Waals surface area contributed by atoms with Crippen molar-refractivity contribution in [1.29, 1.82) is 0 Å². The van der Waals surface area contributed by atoms with E-state index >= 15 is 0 Å². The van der Waals surface area contributed by atoms with Gasteiger partial charge in [-0.1, -0.05) is 0 Å². The zero-order valence-electron chi connectivity index (χ0n) is 10.5. The number of fused-ring (bicyclic) bond motifs is 1. The maximum Gasteiger partial charge on any atom is 0.163 e. The van der Waals surface area contributed by atoms with Crippen molar-refractivity contribution in [1.82, 2.24) is 9.97 Å². The van der Waals surface area contributed by atoms with Crippen LogP contribution in [-0.4, -0.2) is 23.2 Å². The van der Waals surface area contributed by atoms with Gasteiger partial charge in [-0.2, -0.15) is 0 Å². The number of nitrogens with one attached hydrogen (secondary N) is 1. The van der Waals surface area contributed by atoms with Crippen LogP contribution in [0.4, 0.5) is 5.69 Å². The summed E-state index contributed by atoms with van der Waals surface area (Å²) >= 11 is 0. The van der Waals surface area contributed by atoms with Crippen molar-refractivity contribution in [3.63, 3.8) is 0 Å². The van der Waals surface area contributed by atoms with Crippen LogP contribution >= 0.6 is 0 Å². The Morgan fingerprint density at radius 3 is 2.68 bits per heavy atom. The fourth-order valence-corrected chi connectivity index (χ4v) is 1.88. The van der Waals surface area contributed by atoms with Crippen molar-refractivity contribution in [3.05, 3.63) is 42.5 Å². The highest BCUT2D eigenvalue weighted by Crippen LogP contribution is 2.32. The van der Waals surface area contributed by atoms with Crippen molar-refractivity contribution in [2.24, 2.45) is 0 Å². The van der Waals surface area contributed by atoms with Gasteiger partial charge in [-0.15, -0.1) is 0 Å². The molecule has 0 amide bonds. The van der Waals surface area contributed by atoms with Crippen LogP contribution in [0.2, 0.25) is 0 Å². The second kappa shape index (κ2) is 5.56. The molecule has 2 aromatic rings. The molecule has 0 bridgehead atoms. The molecule has 2 heterocycles. The van der Waals surface area contributed by atoms with Gasteiger partial charge in [-0.25, -0.2) is 9.97 Å². The lowest BCUT2D eigenvalue weighted by molar-refractivity contribution is 0.297. The molecule has 1 aromatic heterocycles. The van der Waals surface area contributed by atoms with Crippen molar-refractivity contribution < 1.29 is 9.47 Å². The Labute approximate surface area is 111 Å². The molecule has 5 heteroatoms. The summed E-state index contributed by atoms with van der Waals surface area (Å²) < 4.78 is 11.2. The van der Waals surface area contributed by atoms with Gasteiger partial charge in [0.05, 0.1) is 19.8 Å². The second-order valence-corrected chi connectivity index (χ2v) is 4.23. The Morgan fingerprint density at radius 1 is 1.05 bits per heavy atom. The van der Waals surface area contributed by atoms with Crippen LogP contribution in [0.3, 0.4) is 0 Å². The van der Waals surface area contributed by atoms with E-state index in [0.717, 1.165) is 29.4 Å².